The number of rotatable bonds is 6. The van der Waals surface area contributed by atoms with Crippen LogP contribution in [0, 0.1) is 0 Å². The molecular weight excluding hydrogens is 447 g/mol. The fraction of sp³-hybridized carbons (Fsp3) is 0.273. The van der Waals surface area contributed by atoms with Crippen LogP contribution in [0.1, 0.15) is 32.6 Å². The van der Waals surface area contributed by atoms with Crippen LogP contribution in [0.4, 0.5) is 0 Å². The van der Waals surface area contributed by atoms with Crippen LogP contribution < -0.4 is 47.6 Å². The first-order valence-corrected chi connectivity index (χ1v) is 12.2. The van der Waals surface area contributed by atoms with Gasteiger partial charge in [-0.2, -0.15) is 0 Å². The Balaban J connectivity index is 0.00000225. The number of allylic oxidation sites excluding steroid dienone is 4. The largest absolute Gasteiger partial charge is 1.00 e. The van der Waals surface area contributed by atoms with E-state index >= 15 is 0 Å². The van der Waals surface area contributed by atoms with Gasteiger partial charge in [0.1, 0.15) is 0 Å². The molecule has 0 N–H and O–H groups in total. The summed E-state index contributed by atoms with van der Waals surface area (Å²) in [6.07, 6.45) is 7.46. The van der Waals surface area contributed by atoms with E-state index in [-0.39, 0.29) is 37.2 Å². The molecule has 0 unspecified atom stereocenters. The van der Waals surface area contributed by atoms with E-state index in [9.17, 15) is 0 Å². The molecule has 0 bridgehead atoms. The van der Waals surface area contributed by atoms with Crippen LogP contribution in [-0.4, -0.2) is 8.07 Å². The maximum Gasteiger partial charge on any atom is -1.00 e. The quantitative estimate of drug-likeness (QED) is 0.375. The molecule has 0 nitrogen and oxygen atoms in total. The Kier molecular flexibility index (Phi) is 12.2. The fourth-order valence-corrected chi connectivity index (χ4v) is 8.60. The average Bonchev–Trinajstić information content (AvgIpc) is 3.01. The molecule has 27 heavy (non-hydrogen) atoms. The summed E-state index contributed by atoms with van der Waals surface area (Å²) < 4.78 is 1.59. The van der Waals surface area contributed by atoms with Gasteiger partial charge in [-0.1, -0.05) is 0 Å². The third kappa shape index (κ3) is 5.63. The first kappa shape index (κ1) is 26.7. The molecule has 142 valence electrons. The normalized spacial score (nSPS) is 13.3. The zero-order valence-electron chi connectivity index (χ0n) is 15.8. The van der Waals surface area contributed by atoms with Crippen LogP contribution in [0.15, 0.2) is 81.4 Å². The molecule has 0 saturated carbocycles. The Morgan fingerprint density at radius 3 is 1.78 bits per heavy atom. The van der Waals surface area contributed by atoms with Crippen molar-refractivity contribution < 1.29 is 57.7 Å². The zero-order chi connectivity index (χ0) is 17.0. The van der Waals surface area contributed by atoms with Gasteiger partial charge in [-0.05, 0) is 0 Å². The summed E-state index contributed by atoms with van der Waals surface area (Å²) in [4.78, 5) is 0. The number of hydrogen-bond donors (Lipinski definition) is 0. The number of unbranched alkanes of at least 4 members (excludes halogenated alkanes) is 1. The third-order valence-electron chi connectivity index (χ3n) is 5.22. The minimum absolute atomic E-state index is 0. The molecule has 0 spiro atoms. The SMILES string of the molecule is CCCCC1=[C]([Ti+3])CC=C1[Si](C)(c1ccccc1)c1ccccc1.[Cl-].[Cl-].[Cl-]. The molecule has 0 heterocycles. The van der Waals surface area contributed by atoms with E-state index in [1.807, 2.05) is 0 Å². The summed E-state index contributed by atoms with van der Waals surface area (Å²) in [5.41, 5.74) is 1.65. The van der Waals surface area contributed by atoms with Crippen molar-refractivity contribution in [3.63, 3.8) is 0 Å². The van der Waals surface area contributed by atoms with E-state index in [2.05, 4.69) is 101 Å². The van der Waals surface area contributed by atoms with Gasteiger partial charge >= 0.3 is 159 Å². The Bertz CT molecular complexity index is 718. The second-order valence-corrected chi connectivity index (χ2v) is 11.6. The van der Waals surface area contributed by atoms with Crippen molar-refractivity contribution in [3.8, 4) is 0 Å². The Labute approximate surface area is 195 Å². The van der Waals surface area contributed by atoms with Gasteiger partial charge < -0.3 is 37.2 Å². The van der Waals surface area contributed by atoms with Crippen molar-refractivity contribution in [1.82, 2.24) is 0 Å². The molecular formula is C22H25Cl3SiTi. The standard InChI is InChI=1S/C22H25Si.3ClH.Ti/c1-3-4-12-19-13-11-18-22(19)23(2,20-14-7-5-8-15-20)21-16-9-6-10-17-21;;;;/h5-10,14-18H,3-4,11-12H2,1-2H3;3*1H;/q;;;;+3/p-3. The number of hydrogen-bond acceptors (Lipinski definition) is 0. The second kappa shape index (κ2) is 12.3. The van der Waals surface area contributed by atoms with Crippen LogP contribution >= 0.6 is 0 Å². The smallest absolute Gasteiger partial charge is 1.00 e. The van der Waals surface area contributed by atoms with Crippen LogP contribution in [0.3, 0.4) is 0 Å². The zero-order valence-corrected chi connectivity index (χ0v) is 20.6. The molecule has 3 rings (SSSR count). The van der Waals surface area contributed by atoms with Gasteiger partial charge in [0.25, 0.3) is 0 Å². The monoisotopic (exact) mass is 470 g/mol. The van der Waals surface area contributed by atoms with Crippen LogP contribution in [0.2, 0.25) is 6.55 Å². The molecule has 1 aliphatic rings. The second-order valence-electron chi connectivity index (χ2n) is 6.74. The van der Waals surface area contributed by atoms with Crippen LogP contribution in [-0.2, 0) is 20.4 Å². The number of halogens is 3. The molecule has 0 aliphatic heterocycles. The number of benzene rings is 2. The Morgan fingerprint density at radius 1 is 0.852 bits per heavy atom. The van der Waals surface area contributed by atoms with Crippen molar-refractivity contribution in [2.45, 2.75) is 39.2 Å². The predicted molar refractivity (Wildman–Crippen MR) is 103 cm³/mol. The summed E-state index contributed by atoms with van der Waals surface area (Å²) in [5, 5.41) is 4.70. The molecule has 2 aromatic carbocycles. The van der Waals surface area contributed by atoms with Gasteiger partial charge in [-0.3, -0.25) is 0 Å². The van der Waals surface area contributed by atoms with Crippen LogP contribution in [0.5, 0.6) is 0 Å². The van der Waals surface area contributed by atoms with E-state index < -0.39 is 8.07 Å². The first-order chi connectivity index (χ1) is 11.7. The van der Waals surface area contributed by atoms with E-state index in [0.29, 0.717) is 0 Å². The van der Waals surface area contributed by atoms with Gasteiger partial charge in [0.2, 0.25) is 0 Å². The molecule has 0 aromatic heterocycles. The van der Waals surface area contributed by atoms with Crippen molar-refractivity contribution in [2.24, 2.45) is 0 Å². The topological polar surface area (TPSA) is 0 Å². The van der Waals surface area contributed by atoms with Crippen LogP contribution in [0.25, 0.3) is 0 Å². The van der Waals surface area contributed by atoms with Gasteiger partial charge in [0, 0.05) is 0 Å². The van der Waals surface area contributed by atoms with E-state index in [1.165, 1.54) is 29.6 Å². The Hall–Kier alpha value is -0.279. The minimum Gasteiger partial charge on any atom is -1.00 e. The molecule has 1 aliphatic carbocycles. The van der Waals surface area contributed by atoms with Crippen molar-refractivity contribution in [1.29, 1.82) is 0 Å². The molecule has 0 fully saturated rings. The van der Waals surface area contributed by atoms with Gasteiger partial charge in [0.15, 0.2) is 0 Å². The molecule has 5 heteroatoms. The van der Waals surface area contributed by atoms with E-state index in [4.69, 9.17) is 0 Å². The summed E-state index contributed by atoms with van der Waals surface area (Å²) in [6.45, 7) is 4.83. The summed E-state index contributed by atoms with van der Waals surface area (Å²) in [7, 11) is -1.92. The van der Waals surface area contributed by atoms with Gasteiger partial charge in [-0.25, -0.2) is 0 Å². The van der Waals surface area contributed by atoms with Crippen molar-refractivity contribution in [2.75, 3.05) is 0 Å². The van der Waals surface area contributed by atoms with Gasteiger partial charge in [0.05, 0.1) is 0 Å². The fourth-order valence-electron chi connectivity index (χ4n) is 3.78. The maximum absolute atomic E-state index is 2.54. The molecule has 0 saturated heterocycles. The predicted octanol–water partition coefficient (Wildman–Crippen LogP) is -4.25. The molecule has 0 amide bonds. The summed E-state index contributed by atoms with van der Waals surface area (Å²) >= 11 is 2.33. The first-order valence-electron chi connectivity index (χ1n) is 8.93. The summed E-state index contributed by atoms with van der Waals surface area (Å²) in [5.74, 6) is 0. The average molecular weight is 472 g/mol. The third-order valence-corrected chi connectivity index (χ3v) is 10.6. The Morgan fingerprint density at radius 2 is 1.33 bits per heavy atom. The van der Waals surface area contributed by atoms with Gasteiger partial charge in [-0.15, -0.1) is 0 Å². The molecule has 0 radical (unpaired) electrons. The summed E-state index contributed by atoms with van der Waals surface area (Å²) in [6, 6.07) is 22.4. The van der Waals surface area contributed by atoms with Crippen molar-refractivity contribution in [3.05, 3.63) is 81.4 Å². The molecule has 0 atom stereocenters. The maximum atomic E-state index is 2.54. The minimum atomic E-state index is -1.92. The molecule has 2 aromatic rings. The van der Waals surface area contributed by atoms with E-state index in [0.717, 1.165) is 6.42 Å². The van der Waals surface area contributed by atoms with E-state index in [1.54, 1.807) is 14.6 Å². The van der Waals surface area contributed by atoms with Crippen molar-refractivity contribution >= 4 is 18.4 Å².